The third-order valence-electron chi connectivity index (χ3n) is 5.55. The molecule has 8 nitrogen and oxygen atoms in total. The molecular formula is C23H22ClFN2O6. The number of oxazole rings is 1. The van der Waals surface area contributed by atoms with Gasteiger partial charge in [-0.2, -0.15) is 0 Å². The Hall–Kier alpha value is -3.43. The van der Waals surface area contributed by atoms with Crippen LogP contribution in [0.25, 0.3) is 11.1 Å². The normalized spacial score (nSPS) is 13.8. The van der Waals surface area contributed by atoms with Crippen LogP contribution in [0.2, 0.25) is 5.02 Å². The van der Waals surface area contributed by atoms with Gasteiger partial charge in [-0.3, -0.25) is 14.6 Å². The Kier molecular flexibility index (Phi) is 7.35. The Morgan fingerprint density at radius 1 is 1.24 bits per heavy atom. The van der Waals surface area contributed by atoms with E-state index in [4.69, 9.17) is 16.0 Å². The molecule has 0 saturated heterocycles. The van der Waals surface area contributed by atoms with Gasteiger partial charge in [-0.1, -0.05) is 35.9 Å². The second-order valence-corrected chi connectivity index (χ2v) is 8.25. The van der Waals surface area contributed by atoms with E-state index in [1.807, 2.05) is 0 Å². The van der Waals surface area contributed by atoms with Gasteiger partial charge in [0.05, 0.1) is 12.8 Å². The van der Waals surface area contributed by atoms with Crippen LogP contribution in [-0.2, 0) is 11.2 Å². The number of carbonyl (C=O) groups excluding carboxylic acids is 1. The number of amides is 1. The molecule has 0 aliphatic heterocycles. The first-order valence-electron chi connectivity index (χ1n) is 10.0. The molecule has 2 aromatic carbocycles. The average molecular weight is 477 g/mol. The molecular weight excluding hydrogens is 455 g/mol. The number of aromatic amines is 1. The van der Waals surface area contributed by atoms with Crippen molar-refractivity contribution >= 4 is 23.5 Å². The number of halogens is 2. The third kappa shape index (κ3) is 5.50. The van der Waals surface area contributed by atoms with E-state index in [1.165, 1.54) is 25.1 Å². The molecule has 0 spiro atoms. The third-order valence-corrected chi connectivity index (χ3v) is 5.79. The molecule has 0 fully saturated rings. The van der Waals surface area contributed by atoms with Gasteiger partial charge in [-0.05, 0) is 49.1 Å². The highest BCUT2D eigenvalue weighted by Gasteiger charge is 2.42. The van der Waals surface area contributed by atoms with Crippen LogP contribution in [0.5, 0.6) is 0 Å². The summed E-state index contributed by atoms with van der Waals surface area (Å²) in [5, 5.41) is 22.4. The van der Waals surface area contributed by atoms with Crippen molar-refractivity contribution in [3.8, 4) is 11.1 Å². The molecule has 1 amide bonds. The van der Waals surface area contributed by atoms with E-state index in [0.717, 1.165) is 11.8 Å². The first kappa shape index (κ1) is 24.2. The highest BCUT2D eigenvalue weighted by atomic mass is 35.5. The van der Waals surface area contributed by atoms with Crippen LogP contribution in [0, 0.1) is 11.2 Å². The number of carboxylic acid groups (broad SMARTS) is 1. The number of H-pyrrole nitrogens is 1. The largest absolute Gasteiger partial charge is 0.481 e. The summed E-state index contributed by atoms with van der Waals surface area (Å²) in [6.45, 7) is 0.593. The summed E-state index contributed by atoms with van der Waals surface area (Å²) in [4.78, 5) is 37.6. The van der Waals surface area contributed by atoms with Gasteiger partial charge in [0.25, 0.3) is 5.91 Å². The van der Waals surface area contributed by atoms with Gasteiger partial charge >= 0.3 is 11.7 Å². The summed E-state index contributed by atoms with van der Waals surface area (Å²) in [6.07, 6.45) is 1.58. The van der Waals surface area contributed by atoms with Crippen LogP contribution in [0.1, 0.15) is 29.5 Å². The Labute approximate surface area is 193 Å². The molecule has 0 radical (unpaired) electrons. The molecule has 3 rings (SSSR count). The molecule has 0 aliphatic rings. The lowest BCUT2D eigenvalue weighted by molar-refractivity contribution is -0.152. The van der Waals surface area contributed by atoms with Crippen LogP contribution in [0.4, 0.5) is 4.39 Å². The Morgan fingerprint density at radius 2 is 1.94 bits per heavy atom. The number of hydrogen-bond acceptors (Lipinski definition) is 5. The highest BCUT2D eigenvalue weighted by Crippen LogP contribution is 2.28. The van der Waals surface area contributed by atoms with E-state index in [0.29, 0.717) is 22.6 Å². The summed E-state index contributed by atoms with van der Waals surface area (Å²) in [5.74, 6) is -3.62. The molecule has 2 atom stereocenters. The fourth-order valence-electron chi connectivity index (χ4n) is 3.38. The molecule has 10 heteroatoms. The average Bonchev–Trinajstić information content (AvgIpc) is 3.24. The van der Waals surface area contributed by atoms with Gasteiger partial charge in [0.1, 0.15) is 11.2 Å². The summed E-state index contributed by atoms with van der Waals surface area (Å²) in [7, 11) is 0. The molecule has 1 aromatic heterocycles. The number of carbonyl (C=O) groups is 2. The second-order valence-electron chi connectivity index (χ2n) is 7.81. The van der Waals surface area contributed by atoms with Crippen molar-refractivity contribution in [2.75, 3.05) is 6.61 Å². The molecule has 0 aliphatic carbocycles. The van der Waals surface area contributed by atoms with E-state index in [1.54, 1.807) is 24.3 Å². The van der Waals surface area contributed by atoms with Crippen molar-refractivity contribution in [3.63, 3.8) is 0 Å². The van der Waals surface area contributed by atoms with Gasteiger partial charge in [-0.25, -0.2) is 9.18 Å². The quantitative estimate of drug-likeness (QED) is 0.375. The zero-order valence-electron chi connectivity index (χ0n) is 17.6. The highest BCUT2D eigenvalue weighted by molar-refractivity contribution is 6.30. The summed E-state index contributed by atoms with van der Waals surface area (Å²) in [5.41, 5.74) is 0.0953. The summed E-state index contributed by atoms with van der Waals surface area (Å²) >= 11 is 5.96. The zero-order valence-corrected chi connectivity index (χ0v) is 18.4. The predicted molar refractivity (Wildman–Crippen MR) is 119 cm³/mol. The second kappa shape index (κ2) is 10.0. The molecule has 0 saturated carbocycles. The molecule has 3 aromatic rings. The maximum Gasteiger partial charge on any atom is 0.416 e. The Balaban J connectivity index is 1.78. The summed E-state index contributed by atoms with van der Waals surface area (Å²) < 4.78 is 18.8. The molecule has 1 unspecified atom stereocenters. The first-order chi connectivity index (χ1) is 15.6. The van der Waals surface area contributed by atoms with Gasteiger partial charge in [0.15, 0.2) is 0 Å². The van der Waals surface area contributed by atoms with Crippen molar-refractivity contribution in [1.82, 2.24) is 10.3 Å². The van der Waals surface area contributed by atoms with Crippen molar-refractivity contribution in [3.05, 3.63) is 81.4 Å². The minimum atomic E-state index is -1.68. The van der Waals surface area contributed by atoms with E-state index in [-0.39, 0.29) is 12.2 Å². The van der Waals surface area contributed by atoms with Crippen molar-refractivity contribution < 1.29 is 28.6 Å². The fourth-order valence-corrected chi connectivity index (χ4v) is 3.55. The first-order valence-corrected chi connectivity index (χ1v) is 10.4. The van der Waals surface area contributed by atoms with E-state index in [9.17, 15) is 29.0 Å². The predicted octanol–water partition coefficient (Wildman–Crippen LogP) is 3.24. The topological polar surface area (TPSA) is 133 Å². The summed E-state index contributed by atoms with van der Waals surface area (Å²) in [6, 6.07) is 10.2. The van der Waals surface area contributed by atoms with Crippen molar-refractivity contribution in [1.29, 1.82) is 0 Å². The molecule has 0 bridgehead atoms. The number of aliphatic hydroxyl groups excluding tert-OH is 1. The maximum absolute atomic E-state index is 14.1. The fraction of sp³-hybridized carbons (Fsp3) is 0.261. The van der Waals surface area contributed by atoms with Gasteiger partial charge in [-0.15, -0.1) is 0 Å². The van der Waals surface area contributed by atoms with E-state index >= 15 is 0 Å². The number of benzene rings is 2. The SMILES string of the molecule is C[C@](CO)(C(=O)O)C(CCc1ccc(-c2cc(Cl)ccc2F)cc1)NC(=O)c1c[nH]c(=O)o1. The van der Waals surface area contributed by atoms with Crippen LogP contribution in [0.3, 0.4) is 0 Å². The smallest absolute Gasteiger partial charge is 0.416 e. The maximum atomic E-state index is 14.1. The number of nitrogens with one attached hydrogen (secondary N) is 2. The number of hydrogen-bond donors (Lipinski definition) is 4. The van der Waals surface area contributed by atoms with Gasteiger partial charge in [0.2, 0.25) is 5.76 Å². The number of aliphatic hydroxyl groups is 1. The lowest BCUT2D eigenvalue weighted by Crippen LogP contribution is -2.52. The van der Waals surface area contributed by atoms with E-state index < -0.39 is 41.5 Å². The van der Waals surface area contributed by atoms with Crippen LogP contribution in [0.15, 0.2) is 57.9 Å². The van der Waals surface area contributed by atoms with Crippen LogP contribution < -0.4 is 11.1 Å². The van der Waals surface area contributed by atoms with E-state index in [2.05, 4.69) is 10.3 Å². The van der Waals surface area contributed by atoms with Gasteiger partial charge < -0.3 is 19.9 Å². The van der Waals surface area contributed by atoms with Crippen molar-refractivity contribution in [2.45, 2.75) is 25.8 Å². The molecule has 1 heterocycles. The Bertz CT molecular complexity index is 1210. The monoisotopic (exact) mass is 476 g/mol. The molecule has 4 N–H and O–H groups in total. The molecule has 174 valence electrons. The van der Waals surface area contributed by atoms with Gasteiger partial charge in [0, 0.05) is 16.6 Å². The number of carboxylic acids is 1. The number of aryl methyl sites for hydroxylation is 1. The zero-order chi connectivity index (χ0) is 24.2. The minimum absolute atomic E-state index is 0.161. The van der Waals surface area contributed by atoms with Crippen molar-refractivity contribution in [2.24, 2.45) is 5.41 Å². The number of aromatic nitrogens is 1. The lowest BCUT2D eigenvalue weighted by Gasteiger charge is -2.32. The molecule has 33 heavy (non-hydrogen) atoms. The van der Waals surface area contributed by atoms with Crippen LogP contribution in [-0.4, -0.2) is 39.7 Å². The number of aliphatic carboxylic acids is 1. The minimum Gasteiger partial charge on any atom is -0.481 e. The number of rotatable bonds is 9. The van der Waals surface area contributed by atoms with Crippen LogP contribution >= 0.6 is 11.6 Å². The standard InChI is InChI=1S/C23H22ClFN2O6/c1-23(12-28,21(30)31)19(27-20(29)18-11-26-22(32)33-18)9-4-13-2-5-14(6-3-13)16-10-15(24)7-8-17(16)25/h2-3,5-8,10-11,19,28H,4,9,12H2,1H3,(H,26,32)(H,27,29)(H,30,31)/t19?,23-/m1/s1. The Morgan fingerprint density at radius 3 is 2.52 bits per heavy atom. The lowest BCUT2D eigenvalue weighted by atomic mass is 9.80.